The lowest BCUT2D eigenvalue weighted by Crippen LogP contribution is -2.46. The van der Waals surface area contributed by atoms with E-state index >= 15 is 0 Å². The third-order valence-corrected chi connectivity index (χ3v) is 5.54. The molecule has 0 atom stereocenters. The highest BCUT2D eigenvalue weighted by Gasteiger charge is 2.25. The molecule has 1 aliphatic rings. The Balaban J connectivity index is 1.46. The number of hydrogen-bond acceptors (Lipinski definition) is 6. The maximum absolute atomic E-state index is 14.1. The molecule has 2 heterocycles. The summed E-state index contributed by atoms with van der Waals surface area (Å²) in [6.45, 7) is 0.697. The number of anilines is 2. The summed E-state index contributed by atoms with van der Waals surface area (Å²) in [7, 11) is 0. The predicted molar refractivity (Wildman–Crippen MR) is 120 cm³/mol. The standard InChI is InChI=1S/C23H21F2N5O5/c24-15-2-1-3-16(25)17(15)21-29-18(19(26)31)22(35-21)28-13-6-4-12(5-7-13)20(32)27-14-8-10-30(11-9-14)23(33)34/h1-7,14,28H,8-11H2,(H2,26,31)(H,27,32)(H,33,34). The van der Waals surface area contributed by atoms with Gasteiger partial charge in [0, 0.05) is 30.4 Å². The Bertz CT molecular complexity index is 1250. The number of halogens is 2. The molecule has 4 rings (SSSR count). The molecule has 1 aliphatic heterocycles. The van der Waals surface area contributed by atoms with Crippen LogP contribution in [-0.2, 0) is 0 Å². The topological polar surface area (TPSA) is 151 Å². The number of likely N-dealkylation sites (tertiary alicyclic amines) is 1. The largest absolute Gasteiger partial charge is 0.465 e. The Morgan fingerprint density at radius 1 is 1.06 bits per heavy atom. The molecule has 0 spiro atoms. The smallest absolute Gasteiger partial charge is 0.407 e. The van der Waals surface area contributed by atoms with Crippen LogP contribution in [0.3, 0.4) is 0 Å². The van der Waals surface area contributed by atoms with Crippen molar-refractivity contribution >= 4 is 29.5 Å². The van der Waals surface area contributed by atoms with Crippen molar-refractivity contribution in [3.8, 4) is 11.5 Å². The van der Waals surface area contributed by atoms with Crippen LogP contribution in [0.4, 0.5) is 25.1 Å². The van der Waals surface area contributed by atoms with E-state index in [0.29, 0.717) is 37.2 Å². The van der Waals surface area contributed by atoms with E-state index in [1.807, 2.05) is 0 Å². The second kappa shape index (κ2) is 9.79. The van der Waals surface area contributed by atoms with Gasteiger partial charge in [-0.1, -0.05) is 6.07 Å². The summed E-state index contributed by atoms with van der Waals surface area (Å²) < 4.78 is 33.6. The zero-order valence-corrected chi connectivity index (χ0v) is 18.3. The molecule has 1 saturated heterocycles. The molecule has 0 saturated carbocycles. The van der Waals surface area contributed by atoms with Crippen molar-refractivity contribution in [1.82, 2.24) is 15.2 Å². The van der Waals surface area contributed by atoms with Crippen LogP contribution in [0.5, 0.6) is 0 Å². The molecular formula is C23H21F2N5O5. The summed E-state index contributed by atoms with van der Waals surface area (Å²) in [5.41, 5.74) is 5.21. The number of carbonyl (C=O) groups excluding carboxylic acids is 2. The lowest BCUT2D eigenvalue weighted by molar-refractivity contribution is 0.0906. The summed E-state index contributed by atoms with van der Waals surface area (Å²) >= 11 is 0. The summed E-state index contributed by atoms with van der Waals surface area (Å²) in [6.07, 6.45) is 0.0591. The van der Waals surface area contributed by atoms with E-state index in [1.54, 1.807) is 12.1 Å². The van der Waals surface area contributed by atoms with Gasteiger partial charge in [-0.2, -0.15) is 0 Å². The van der Waals surface area contributed by atoms with Gasteiger partial charge in [0.05, 0.1) is 0 Å². The fourth-order valence-electron chi connectivity index (χ4n) is 3.70. The molecule has 0 unspecified atom stereocenters. The number of carbonyl (C=O) groups is 3. The van der Waals surface area contributed by atoms with Crippen LogP contribution in [0.1, 0.15) is 33.7 Å². The van der Waals surface area contributed by atoms with Crippen molar-refractivity contribution in [2.75, 3.05) is 18.4 Å². The zero-order chi connectivity index (χ0) is 25.1. The first-order valence-corrected chi connectivity index (χ1v) is 10.6. The maximum Gasteiger partial charge on any atom is 0.407 e. The minimum Gasteiger partial charge on any atom is -0.465 e. The highest BCUT2D eigenvalue weighted by molar-refractivity contribution is 5.97. The third kappa shape index (κ3) is 5.21. The number of nitrogens with one attached hydrogen (secondary N) is 2. The van der Waals surface area contributed by atoms with Crippen LogP contribution in [0, 0.1) is 11.6 Å². The molecule has 2 aromatic carbocycles. The molecule has 5 N–H and O–H groups in total. The molecule has 10 nitrogen and oxygen atoms in total. The van der Waals surface area contributed by atoms with Gasteiger partial charge in [-0.15, -0.1) is 0 Å². The molecule has 0 radical (unpaired) electrons. The normalized spacial score (nSPS) is 13.9. The van der Waals surface area contributed by atoms with Gasteiger partial charge in [0.2, 0.25) is 11.8 Å². The summed E-state index contributed by atoms with van der Waals surface area (Å²) in [4.78, 5) is 40.5. The number of nitrogens with two attached hydrogens (primary N) is 1. The van der Waals surface area contributed by atoms with E-state index in [2.05, 4.69) is 15.6 Å². The predicted octanol–water partition coefficient (Wildman–Crippen LogP) is 3.33. The molecule has 1 fully saturated rings. The van der Waals surface area contributed by atoms with Crippen molar-refractivity contribution in [3.05, 3.63) is 65.4 Å². The average Bonchev–Trinajstić information content (AvgIpc) is 3.23. The fourth-order valence-corrected chi connectivity index (χ4v) is 3.70. The quantitative estimate of drug-likeness (QED) is 0.418. The lowest BCUT2D eigenvalue weighted by atomic mass is 10.0. The van der Waals surface area contributed by atoms with Gasteiger partial charge in [-0.3, -0.25) is 9.59 Å². The Labute approximate surface area is 197 Å². The zero-order valence-electron chi connectivity index (χ0n) is 18.3. The average molecular weight is 485 g/mol. The van der Waals surface area contributed by atoms with Crippen molar-refractivity contribution in [1.29, 1.82) is 0 Å². The van der Waals surface area contributed by atoms with Crippen LogP contribution >= 0.6 is 0 Å². The third-order valence-electron chi connectivity index (χ3n) is 5.54. The first kappa shape index (κ1) is 23.7. The molecule has 12 heteroatoms. The first-order valence-electron chi connectivity index (χ1n) is 10.6. The molecule has 3 aromatic rings. The number of amides is 3. The number of primary amides is 1. The SMILES string of the molecule is NC(=O)c1nc(-c2c(F)cccc2F)oc1Nc1ccc(C(=O)NC2CCN(C(=O)O)CC2)cc1. The van der Waals surface area contributed by atoms with Gasteiger partial charge in [-0.05, 0) is 49.2 Å². The molecule has 182 valence electrons. The highest BCUT2D eigenvalue weighted by atomic mass is 19.1. The van der Waals surface area contributed by atoms with Crippen LogP contribution in [0.25, 0.3) is 11.5 Å². The molecule has 1 aromatic heterocycles. The number of piperidine rings is 1. The summed E-state index contributed by atoms with van der Waals surface area (Å²) in [5, 5.41) is 14.7. The molecule has 3 amide bonds. The number of aromatic nitrogens is 1. The van der Waals surface area contributed by atoms with Crippen LogP contribution in [-0.4, -0.2) is 52.0 Å². The van der Waals surface area contributed by atoms with Crippen molar-refractivity contribution in [2.45, 2.75) is 18.9 Å². The second-order valence-corrected chi connectivity index (χ2v) is 7.88. The van der Waals surface area contributed by atoms with Crippen molar-refractivity contribution in [2.24, 2.45) is 5.73 Å². The molecule has 0 bridgehead atoms. The molecule has 35 heavy (non-hydrogen) atoms. The second-order valence-electron chi connectivity index (χ2n) is 7.88. The van der Waals surface area contributed by atoms with E-state index in [-0.39, 0.29) is 23.5 Å². The number of hydrogen-bond donors (Lipinski definition) is 4. The van der Waals surface area contributed by atoms with Gasteiger partial charge in [0.1, 0.15) is 17.2 Å². The van der Waals surface area contributed by atoms with E-state index in [0.717, 1.165) is 12.1 Å². The lowest BCUT2D eigenvalue weighted by Gasteiger charge is -2.30. The van der Waals surface area contributed by atoms with Crippen LogP contribution in [0.15, 0.2) is 46.9 Å². The van der Waals surface area contributed by atoms with Gasteiger partial charge in [0.25, 0.3) is 11.8 Å². The molecular weight excluding hydrogens is 464 g/mol. The van der Waals surface area contributed by atoms with E-state index in [1.165, 1.54) is 23.1 Å². The summed E-state index contributed by atoms with van der Waals surface area (Å²) in [6, 6.07) is 9.24. The first-order chi connectivity index (χ1) is 16.7. The number of benzene rings is 2. The van der Waals surface area contributed by atoms with Crippen molar-refractivity contribution < 1.29 is 32.7 Å². The minimum absolute atomic E-state index is 0.139. The monoisotopic (exact) mass is 485 g/mol. The Morgan fingerprint density at radius 3 is 2.26 bits per heavy atom. The fraction of sp³-hybridized carbons (Fsp3) is 0.217. The number of oxazole rings is 1. The Hall–Kier alpha value is -4.48. The van der Waals surface area contributed by atoms with Crippen LogP contribution in [0.2, 0.25) is 0 Å². The number of carboxylic acid groups (broad SMARTS) is 1. The number of nitrogens with zero attached hydrogens (tertiary/aromatic N) is 2. The maximum atomic E-state index is 14.1. The van der Waals surface area contributed by atoms with Gasteiger partial charge < -0.3 is 30.8 Å². The minimum atomic E-state index is -0.977. The Morgan fingerprint density at radius 2 is 1.69 bits per heavy atom. The highest BCUT2D eigenvalue weighted by Crippen LogP contribution is 2.31. The summed E-state index contributed by atoms with van der Waals surface area (Å²) in [5.74, 6) is -3.79. The van der Waals surface area contributed by atoms with Crippen molar-refractivity contribution in [3.63, 3.8) is 0 Å². The number of rotatable bonds is 6. The Kier molecular flexibility index (Phi) is 6.62. The molecule has 0 aliphatic carbocycles. The van der Waals surface area contributed by atoms with Gasteiger partial charge in [0.15, 0.2) is 5.69 Å². The van der Waals surface area contributed by atoms with E-state index in [4.69, 9.17) is 15.3 Å². The van der Waals surface area contributed by atoms with E-state index in [9.17, 15) is 23.2 Å². The van der Waals surface area contributed by atoms with Crippen LogP contribution < -0.4 is 16.4 Å². The van der Waals surface area contributed by atoms with Gasteiger partial charge >= 0.3 is 6.09 Å². The van der Waals surface area contributed by atoms with Gasteiger partial charge in [-0.25, -0.2) is 18.6 Å². The van der Waals surface area contributed by atoms with E-state index < -0.39 is 35.1 Å².